The van der Waals surface area contributed by atoms with Gasteiger partial charge in [0.25, 0.3) is 0 Å². The number of carbonyl (C=O) groups is 1. The maximum Gasteiger partial charge on any atom is 0.226 e. The molecule has 0 saturated heterocycles. The van der Waals surface area contributed by atoms with E-state index in [1.54, 1.807) is 11.3 Å². The van der Waals surface area contributed by atoms with E-state index in [9.17, 15) is 4.79 Å². The molecule has 2 rings (SSSR count). The molecule has 0 aliphatic rings. The zero-order valence-corrected chi connectivity index (χ0v) is 12.0. The Kier molecular flexibility index (Phi) is 5.58. The summed E-state index contributed by atoms with van der Waals surface area (Å²) in [7, 11) is 1.88. The fraction of sp³-hybridized carbons (Fsp3) is 0.455. The molecular formula is C11H17ClN4OS. The van der Waals surface area contributed by atoms with Crippen molar-refractivity contribution in [3.05, 3.63) is 23.5 Å². The molecule has 1 unspecified atom stereocenters. The standard InChI is InChI=1S/C11H16N4OS.ClH/c1-8(12-2)6-13-10(16)5-9-7-15-3-4-17-11(15)14-9;/h3-4,7-8,12H,5-6H2,1-2H3,(H,13,16);1H. The quantitative estimate of drug-likeness (QED) is 0.866. The number of likely N-dealkylation sites (N-methyl/N-ethyl adjacent to an activating group) is 1. The van der Waals surface area contributed by atoms with Gasteiger partial charge in [-0.15, -0.1) is 23.7 Å². The van der Waals surface area contributed by atoms with Crippen molar-refractivity contribution in [2.24, 2.45) is 0 Å². The number of halogens is 1. The van der Waals surface area contributed by atoms with Gasteiger partial charge in [0.2, 0.25) is 5.91 Å². The minimum Gasteiger partial charge on any atom is -0.354 e. The molecule has 0 radical (unpaired) electrons. The SMILES string of the molecule is CNC(C)CNC(=O)Cc1cn2ccsc2n1.Cl. The molecule has 100 valence electrons. The summed E-state index contributed by atoms with van der Waals surface area (Å²) < 4.78 is 1.93. The van der Waals surface area contributed by atoms with Gasteiger partial charge in [-0.3, -0.25) is 9.20 Å². The minimum atomic E-state index is 0. The molecular weight excluding hydrogens is 272 g/mol. The van der Waals surface area contributed by atoms with Crippen LogP contribution >= 0.6 is 23.7 Å². The minimum absolute atomic E-state index is 0. The van der Waals surface area contributed by atoms with Gasteiger partial charge < -0.3 is 10.6 Å². The van der Waals surface area contributed by atoms with Crippen molar-refractivity contribution in [3.8, 4) is 0 Å². The molecule has 2 aromatic heterocycles. The Bertz CT molecular complexity index is 481. The molecule has 0 aliphatic heterocycles. The highest BCUT2D eigenvalue weighted by atomic mass is 35.5. The smallest absolute Gasteiger partial charge is 0.226 e. The third kappa shape index (κ3) is 3.69. The van der Waals surface area contributed by atoms with E-state index in [4.69, 9.17) is 0 Å². The second-order valence-electron chi connectivity index (χ2n) is 4.00. The number of amides is 1. The van der Waals surface area contributed by atoms with Crippen molar-refractivity contribution in [2.45, 2.75) is 19.4 Å². The Balaban J connectivity index is 0.00000162. The van der Waals surface area contributed by atoms with Crippen LogP contribution in [0, 0.1) is 0 Å². The highest BCUT2D eigenvalue weighted by Crippen LogP contribution is 2.11. The number of rotatable bonds is 5. The van der Waals surface area contributed by atoms with E-state index in [-0.39, 0.29) is 24.4 Å². The van der Waals surface area contributed by atoms with Gasteiger partial charge in [-0.1, -0.05) is 0 Å². The molecule has 7 heteroatoms. The first kappa shape index (κ1) is 14.9. The predicted octanol–water partition coefficient (Wildman–Crippen LogP) is 1.08. The second-order valence-corrected chi connectivity index (χ2v) is 4.87. The van der Waals surface area contributed by atoms with Crippen molar-refractivity contribution in [3.63, 3.8) is 0 Å². The number of thiazole rings is 1. The van der Waals surface area contributed by atoms with Crippen LogP contribution in [0.4, 0.5) is 0 Å². The van der Waals surface area contributed by atoms with Crippen LogP contribution in [0.5, 0.6) is 0 Å². The first-order chi connectivity index (χ1) is 8.19. The summed E-state index contributed by atoms with van der Waals surface area (Å²) in [5, 5.41) is 7.91. The highest BCUT2D eigenvalue weighted by molar-refractivity contribution is 7.15. The topological polar surface area (TPSA) is 58.4 Å². The van der Waals surface area contributed by atoms with Gasteiger partial charge in [-0.2, -0.15) is 0 Å². The second kappa shape index (κ2) is 6.72. The summed E-state index contributed by atoms with van der Waals surface area (Å²) >= 11 is 1.57. The van der Waals surface area contributed by atoms with Crippen molar-refractivity contribution >= 4 is 34.6 Å². The lowest BCUT2D eigenvalue weighted by Gasteiger charge is -2.10. The monoisotopic (exact) mass is 288 g/mol. The average molecular weight is 289 g/mol. The molecule has 0 aromatic carbocycles. The zero-order valence-electron chi connectivity index (χ0n) is 10.3. The summed E-state index contributed by atoms with van der Waals surface area (Å²) in [6, 6.07) is 0.282. The van der Waals surface area contributed by atoms with Gasteiger partial charge in [-0.05, 0) is 14.0 Å². The van der Waals surface area contributed by atoms with Gasteiger partial charge in [-0.25, -0.2) is 4.98 Å². The summed E-state index contributed by atoms with van der Waals surface area (Å²) in [4.78, 5) is 16.9. The third-order valence-electron chi connectivity index (χ3n) is 2.58. The molecule has 0 spiro atoms. The van der Waals surface area contributed by atoms with E-state index in [0.29, 0.717) is 13.0 Å². The zero-order chi connectivity index (χ0) is 12.3. The highest BCUT2D eigenvalue weighted by Gasteiger charge is 2.08. The Morgan fingerprint density at radius 1 is 1.61 bits per heavy atom. The summed E-state index contributed by atoms with van der Waals surface area (Å²) in [6.45, 7) is 2.66. The van der Waals surface area contributed by atoms with E-state index in [2.05, 4.69) is 15.6 Å². The number of carbonyl (C=O) groups excluding carboxylic acids is 1. The molecule has 18 heavy (non-hydrogen) atoms. The Morgan fingerprint density at radius 3 is 3.06 bits per heavy atom. The van der Waals surface area contributed by atoms with E-state index in [1.807, 2.05) is 36.1 Å². The number of hydrogen-bond donors (Lipinski definition) is 2. The van der Waals surface area contributed by atoms with Gasteiger partial charge in [0.05, 0.1) is 12.1 Å². The number of aromatic nitrogens is 2. The van der Waals surface area contributed by atoms with Gasteiger partial charge in [0.1, 0.15) is 0 Å². The summed E-state index contributed by atoms with van der Waals surface area (Å²) in [5.41, 5.74) is 0.812. The van der Waals surface area contributed by atoms with Crippen LogP contribution in [0.25, 0.3) is 4.96 Å². The lowest BCUT2D eigenvalue weighted by atomic mass is 10.3. The van der Waals surface area contributed by atoms with E-state index in [0.717, 1.165) is 10.7 Å². The third-order valence-corrected chi connectivity index (χ3v) is 3.35. The molecule has 0 aliphatic carbocycles. The molecule has 2 aromatic rings. The van der Waals surface area contributed by atoms with Gasteiger partial charge in [0, 0.05) is 30.4 Å². The summed E-state index contributed by atoms with van der Waals surface area (Å²) in [5.74, 6) is 0.0119. The van der Waals surface area contributed by atoms with Crippen molar-refractivity contribution in [1.82, 2.24) is 20.0 Å². The van der Waals surface area contributed by atoms with Crippen LogP contribution in [0.3, 0.4) is 0 Å². The largest absolute Gasteiger partial charge is 0.354 e. The fourth-order valence-corrected chi connectivity index (χ4v) is 2.18. The number of hydrogen-bond acceptors (Lipinski definition) is 4. The van der Waals surface area contributed by atoms with Crippen LogP contribution in [0.1, 0.15) is 12.6 Å². The van der Waals surface area contributed by atoms with Crippen molar-refractivity contribution in [2.75, 3.05) is 13.6 Å². The Morgan fingerprint density at radius 2 is 2.39 bits per heavy atom. The fourth-order valence-electron chi connectivity index (χ4n) is 1.46. The van der Waals surface area contributed by atoms with Crippen LogP contribution in [-0.4, -0.2) is 34.9 Å². The average Bonchev–Trinajstić information content (AvgIpc) is 2.86. The van der Waals surface area contributed by atoms with Gasteiger partial charge >= 0.3 is 0 Å². The maximum absolute atomic E-state index is 11.6. The Hall–Kier alpha value is -1.11. The molecule has 0 bridgehead atoms. The molecule has 2 heterocycles. The van der Waals surface area contributed by atoms with Crippen LogP contribution in [0.15, 0.2) is 17.8 Å². The van der Waals surface area contributed by atoms with Gasteiger partial charge in [0.15, 0.2) is 4.96 Å². The maximum atomic E-state index is 11.6. The lowest BCUT2D eigenvalue weighted by Crippen LogP contribution is -2.37. The first-order valence-electron chi connectivity index (χ1n) is 5.54. The van der Waals surface area contributed by atoms with Crippen molar-refractivity contribution in [1.29, 1.82) is 0 Å². The van der Waals surface area contributed by atoms with E-state index < -0.39 is 0 Å². The molecule has 1 amide bonds. The molecule has 5 nitrogen and oxygen atoms in total. The molecule has 0 fully saturated rings. The normalized spacial score (nSPS) is 12.1. The first-order valence-corrected chi connectivity index (χ1v) is 6.42. The molecule has 0 saturated carbocycles. The van der Waals surface area contributed by atoms with E-state index in [1.165, 1.54) is 0 Å². The van der Waals surface area contributed by atoms with Crippen molar-refractivity contribution < 1.29 is 4.79 Å². The summed E-state index contributed by atoms with van der Waals surface area (Å²) in [6.07, 6.45) is 4.18. The van der Waals surface area contributed by atoms with Crippen LogP contribution in [0.2, 0.25) is 0 Å². The number of nitrogens with zero attached hydrogens (tertiary/aromatic N) is 2. The van der Waals surface area contributed by atoms with Crippen LogP contribution in [-0.2, 0) is 11.2 Å². The predicted molar refractivity (Wildman–Crippen MR) is 75.6 cm³/mol. The molecule has 1 atom stereocenters. The van der Waals surface area contributed by atoms with E-state index >= 15 is 0 Å². The molecule has 2 N–H and O–H groups in total. The number of nitrogens with one attached hydrogen (secondary N) is 2. The van der Waals surface area contributed by atoms with Crippen LogP contribution < -0.4 is 10.6 Å². The lowest BCUT2D eigenvalue weighted by molar-refractivity contribution is -0.120. The number of imidazole rings is 1. The number of fused-ring (bicyclic) bond motifs is 1. The Labute approximate surface area is 116 Å².